The third kappa shape index (κ3) is 4.68. The molecule has 0 bridgehead atoms. The van der Waals surface area contributed by atoms with Crippen LogP contribution in [0.4, 0.5) is 5.82 Å². The fraction of sp³-hybridized carbons (Fsp3) is 0.316. The second-order valence-corrected chi connectivity index (χ2v) is 6.65. The Balaban J connectivity index is 1.75. The van der Waals surface area contributed by atoms with Crippen LogP contribution in [0.5, 0.6) is 11.5 Å². The normalized spacial score (nSPS) is 17.4. The molecule has 1 saturated heterocycles. The van der Waals surface area contributed by atoms with E-state index in [0.29, 0.717) is 34.5 Å². The van der Waals surface area contributed by atoms with Crippen molar-refractivity contribution >= 4 is 17.6 Å². The highest BCUT2D eigenvalue weighted by Crippen LogP contribution is 2.27. The molecule has 0 aromatic carbocycles. The summed E-state index contributed by atoms with van der Waals surface area (Å²) in [6, 6.07) is 6.58. The van der Waals surface area contributed by atoms with Crippen molar-refractivity contribution < 1.29 is 9.66 Å². The molecule has 3 heterocycles. The van der Waals surface area contributed by atoms with E-state index in [1.165, 1.54) is 18.3 Å². The van der Waals surface area contributed by atoms with Crippen LogP contribution in [0.15, 0.2) is 36.7 Å². The van der Waals surface area contributed by atoms with E-state index in [1.807, 2.05) is 6.20 Å². The van der Waals surface area contributed by atoms with Crippen LogP contribution < -0.4 is 10.1 Å². The molecule has 0 amide bonds. The van der Waals surface area contributed by atoms with Crippen molar-refractivity contribution in [2.24, 2.45) is 0 Å². The number of nitrogens with zero attached hydrogens (tertiary/aromatic N) is 4. The van der Waals surface area contributed by atoms with E-state index < -0.39 is 4.92 Å². The SMILES string of the molecule is Cc1nc([N+](=O)[O-])ccc1Oc1ccnc(/C(C=N)=C/NC2CCN(C)C2)c1. The highest BCUT2D eigenvalue weighted by molar-refractivity contribution is 6.07. The van der Waals surface area contributed by atoms with Crippen LogP contribution in [0.2, 0.25) is 0 Å². The number of likely N-dealkylation sites (tertiary alicyclic amines) is 1. The van der Waals surface area contributed by atoms with Gasteiger partial charge in [0, 0.05) is 55.8 Å². The Morgan fingerprint density at radius 1 is 1.46 bits per heavy atom. The monoisotopic (exact) mass is 382 g/mol. The van der Waals surface area contributed by atoms with Gasteiger partial charge in [0.05, 0.1) is 5.69 Å². The first kappa shape index (κ1) is 19.4. The molecule has 1 aliphatic rings. The van der Waals surface area contributed by atoms with Crippen LogP contribution in [-0.4, -0.2) is 52.2 Å². The van der Waals surface area contributed by atoms with Gasteiger partial charge in [-0.2, -0.15) is 0 Å². The fourth-order valence-electron chi connectivity index (χ4n) is 2.97. The number of allylic oxidation sites excluding steroid dienone is 1. The Kier molecular flexibility index (Phi) is 5.95. The van der Waals surface area contributed by atoms with E-state index in [0.717, 1.165) is 19.5 Å². The minimum Gasteiger partial charge on any atom is -0.453 e. The minimum atomic E-state index is -0.544. The summed E-state index contributed by atoms with van der Waals surface area (Å²) in [6.45, 7) is 3.66. The number of nitrogens with one attached hydrogen (secondary N) is 2. The number of likely N-dealkylation sites (N-methyl/N-ethyl adjacent to an activating group) is 1. The van der Waals surface area contributed by atoms with Crippen molar-refractivity contribution in [1.29, 1.82) is 5.41 Å². The molecule has 0 radical (unpaired) electrons. The van der Waals surface area contributed by atoms with Gasteiger partial charge >= 0.3 is 5.82 Å². The first-order valence-corrected chi connectivity index (χ1v) is 8.88. The molecular weight excluding hydrogens is 360 g/mol. The third-order valence-electron chi connectivity index (χ3n) is 4.49. The summed E-state index contributed by atoms with van der Waals surface area (Å²) in [5.41, 5.74) is 1.65. The summed E-state index contributed by atoms with van der Waals surface area (Å²) in [7, 11) is 2.08. The number of pyridine rings is 2. The molecule has 9 nitrogen and oxygen atoms in total. The van der Waals surface area contributed by atoms with E-state index >= 15 is 0 Å². The number of aromatic nitrogens is 2. The molecule has 1 unspecified atom stereocenters. The third-order valence-corrected chi connectivity index (χ3v) is 4.49. The largest absolute Gasteiger partial charge is 0.453 e. The molecule has 0 saturated carbocycles. The average Bonchev–Trinajstić information content (AvgIpc) is 3.09. The second kappa shape index (κ2) is 8.57. The zero-order chi connectivity index (χ0) is 20.1. The summed E-state index contributed by atoms with van der Waals surface area (Å²) < 4.78 is 5.82. The van der Waals surface area contributed by atoms with E-state index in [1.54, 1.807) is 25.3 Å². The summed E-state index contributed by atoms with van der Waals surface area (Å²) >= 11 is 0. The van der Waals surface area contributed by atoms with E-state index in [9.17, 15) is 10.1 Å². The molecule has 9 heteroatoms. The number of rotatable bonds is 7. The molecule has 1 aliphatic heterocycles. The van der Waals surface area contributed by atoms with Crippen LogP contribution in [0.3, 0.4) is 0 Å². The zero-order valence-corrected chi connectivity index (χ0v) is 15.8. The molecule has 0 aliphatic carbocycles. The van der Waals surface area contributed by atoms with Gasteiger partial charge in [0.1, 0.15) is 5.75 Å². The van der Waals surface area contributed by atoms with E-state index in [2.05, 4.69) is 27.2 Å². The topological polar surface area (TPSA) is 117 Å². The number of nitro groups is 1. The van der Waals surface area contributed by atoms with E-state index in [4.69, 9.17) is 10.1 Å². The maximum atomic E-state index is 10.8. The number of hydrogen-bond acceptors (Lipinski definition) is 8. The molecule has 1 fully saturated rings. The molecule has 0 spiro atoms. The van der Waals surface area contributed by atoms with Crippen LogP contribution in [0, 0.1) is 22.4 Å². The highest BCUT2D eigenvalue weighted by atomic mass is 16.6. The molecule has 146 valence electrons. The lowest BCUT2D eigenvalue weighted by Gasteiger charge is -2.12. The van der Waals surface area contributed by atoms with Crippen molar-refractivity contribution in [1.82, 2.24) is 20.2 Å². The molecule has 2 aromatic rings. The second-order valence-electron chi connectivity index (χ2n) is 6.65. The van der Waals surface area contributed by atoms with E-state index in [-0.39, 0.29) is 5.82 Å². The first-order chi connectivity index (χ1) is 13.5. The van der Waals surface area contributed by atoms with Crippen molar-refractivity contribution in [3.05, 3.63) is 58.2 Å². The van der Waals surface area contributed by atoms with Crippen LogP contribution >= 0.6 is 0 Å². The fourth-order valence-corrected chi connectivity index (χ4v) is 2.97. The molecular formula is C19H22N6O3. The Labute approximate surface area is 162 Å². The van der Waals surface area contributed by atoms with Gasteiger partial charge in [0.25, 0.3) is 0 Å². The Hall–Kier alpha value is -3.33. The summed E-state index contributed by atoms with van der Waals surface area (Å²) in [5.74, 6) is 0.713. The molecule has 3 rings (SSSR count). The van der Waals surface area contributed by atoms with Gasteiger partial charge in [0.15, 0.2) is 11.4 Å². The molecule has 1 atom stereocenters. The van der Waals surface area contributed by atoms with Gasteiger partial charge in [0.2, 0.25) is 0 Å². The lowest BCUT2D eigenvalue weighted by atomic mass is 10.2. The highest BCUT2D eigenvalue weighted by Gasteiger charge is 2.18. The smallest absolute Gasteiger partial charge is 0.363 e. The molecule has 2 N–H and O–H groups in total. The Bertz CT molecular complexity index is 914. The van der Waals surface area contributed by atoms with Crippen molar-refractivity contribution in [2.75, 3.05) is 20.1 Å². The van der Waals surface area contributed by atoms with Crippen LogP contribution in [-0.2, 0) is 0 Å². The standard InChI is InChI=1S/C19H22N6O3/c1-13-18(3-4-19(23-13)25(26)27)28-16-5-7-21-17(9-16)14(10-20)11-22-15-6-8-24(2)12-15/h3-5,7,9-11,15,20,22H,6,8,12H2,1-2H3/b14-11+,20-10?. The number of hydrogen-bond donors (Lipinski definition) is 2. The van der Waals surface area contributed by atoms with Gasteiger partial charge in [-0.1, -0.05) is 0 Å². The average molecular weight is 382 g/mol. The van der Waals surface area contributed by atoms with Gasteiger partial charge in [-0.25, -0.2) is 0 Å². The van der Waals surface area contributed by atoms with Gasteiger partial charge < -0.3 is 30.5 Å². The zero-order valence-electron chi connectivity index (χ0n) is 15.8. The van der Waals surface area contributed by atoms with Gasteiger partial charge in [-0.05, 0) is 42.1 Å². The Morgan fingerprint density at radius 3 is 2.93 bits per heavy atom. The van der Waals surface area contributed by atoms with Gasteiger partial charge in [-0.15, -0.1) is 0 Å². The lowest BCUT2D eigenvalue weighted by Crippen LogP contribution is -2.27. The Morgan fingerprint density at radius 2 is 2.29 bits per heavy atom. The summed E-state index contributed by atoms with van der Waals surface area (Å²) in [6.07, 6.45) is 5.71. The minimum absolute atomic E-state index is 0.224. The quantitative estimate of drug-likeness (QED) is 0.429. The van der Waals surface area contributed by atoms with Crippen LogP contribution in [0.25, 0.3) is 5.57 Å². The predicted molar refractivity (Wildman–Crippen MR) is 106 cm³/mol. The summed E-state index contributed by atoms with van der Waals surface area (Å²) in [4.78, 5) is 20.8. The van der Waals surface area contributed by atoms with Crippen molar-refractivity contribution in [2.45, 2.75) is 19.4 Å². The van der Waals surface area contributed by atoms with Crippen molar-refractivity contribution in [3.63, 3.8) is 0 Å². The maximum absolute atomic E-state index is 10.8. The van der Waals surface area contributed by atoms with Crippen molar-refractivity contribution in [3.8, 4) is 11.5 Å². The molecule has 2 aromatic heterocycles. The molecule has 28 heavy (non-hydrogen) atoms. The van der Waals surface area contributed by atoms with Gasteiger partial charge in [-0.3, -0.25) is 4.98 Å². The first-order valence-electron chi connectivity index (χ1n) is 8.88. The predicted octanol–water partition coefficient (Wildman–Crippen LogP) is 2.77. The number of ether oxygens (including phenoxy) is 1. The van der Waals surface area contributed by atoms with Crippen LogP contribution in [0.1, 0.15) is 17.8 Å². The number of aryl methyl sites for hydroxylation is 1. The maximum Gasteiger partial charge on any atom is 0.363 e. The lowest BCUT2D eigenvalue weighted by molar-refractivity contribution is -0.389. The summed E-state index contributed by atoms with van der Waals surface area (Å²) in [5, 5.41) is 21.9.